The van der Waals surface area contributed by atoms with Gasteiger partial charge in [-0.15, -0.1) is 0 Å². The van der Waals surface area contributed by atoms with Crippen LogP contribution in [-0.4, -0.2) is 14.5 Å². The minimum atomic E-state index is -0.220. The number of nitrogens with zero attached hydrogens (tertiary/aromatic N) is 3. The summed E-state index contributed by atoms with van der Waals surface area (Å²) in [6.07, 6.45) is 0. The van der Waals surface area contributed by atoms with E-state index in [4.69, 9.17) is 14.4 Å². The molecule has 3 aromatic heterocycles. The molecular formula is C43H29N3O. The van der Waals surface area contributed by atoms with Crippen LogP contribution in [-0.2, 0) is 5.41 Å². The first-order chi connectivity index (χ1) is 23.1. The predicted molar refractivity (Wildman–Crippen MR) is 192 cm³/mol. The minimum Gasteiger partial charge on any atom is -0.455 e. The Morgan fingerprint density at radius 2 is 1.30 bits per heavy atom. The molecule has 0 saturated carbocycles. The van der Waals surface area contributed by atoms with Crippen molar-refractivity contribution in [2.45, 2.75) is 19.3 Å². The summed E-state index contributed by atoms with van der Waals surface area (Å²) >= 11 is 0. The van der Waals surface area contributed by atoms with Gasteiger partial charge < -0.3 is 8.98 Å². The van der Waals surface area contributed by atoms with Crippen molar-refractivity contribution in [3.05, 3.63) is 151 Å². The summed E-state index contributed by atoms with van der Waals surface area (Å²) in [5, 5.41) is 4.55. The first-order valence-electron chi connectivity index (χ1n) is 16.1. The zero-order valence-corrected chi connectivity index (χ0v) is 26.0. The molecule has 0 aliphatic heterocycles. The van der Waals surface area contributed by atoms with Gasteiger partial charge in [0.2, 0.25) is 0 Å². The Hall–Kier alpha value is -6.00. The lowest BCUT2D eigenvalue weighted by Crippen LogP contribution is -2.17. The smallest absolute Gasteiger partial charge is 0.160 e. The fraction of sp³-hybridized carbons (Fsp3) is 0.0698. The van der Waals surface area contributed by atoms with Crippen LogP contribution in [0.2, 0.25) is 0 Å². The van der Waals surface area contributed by atoms with Gasteiger partial charge in [0, 0.05) is 49.5 Å². The number of fused-ring (bicyclic) bond motifs is 10. The normalized spacial score (nSPS) is 13.5. The lowest BCUT2D eigenvalue weighted by atomic mass is 9.81. The Morgan fingerprint density at radius 1 is 0.574 bits per heavy atom. The highest BCUT2D eigenvalue weighted by molar-refractivity contribution is 6.23. The van der Waals surface area contributed by atoms with Gasteiger partial charge in [0.05, 0.1) is 27.8 Å². The Morgan fingerprint density at radius 3 is 2.19 bits per heavy atom. The maximum atomic E-state index is 6.53. The van der Waals surface area contributed by atoms with Gasteiger partial charge in [-0.2, -0.15) is 0 Å². The van der Waals surface area contributed by atoms with Crippen LogP contribution in [0.5, 0.6) is 0 Å². The van der Waals surface area contributed by atoms with Gasteiger partial charge in [0.15, 0.2) is 5.82 Å². The molecule has 0 saturated heterocycles. The van der Waals surface area contributed by atoms with Crippen molar-refractivity contribution in [3.63, 3.8) is 0 Å². The zero-order chi connectivity index (χ0) is 31.3. The third-order valence-corrected chi connectivity index (χ3v) is 9.98. The van der Waals surface area contributed by atoms with Crippen molar-refractivity contribution < 1.29 is 4.42 Å². The molecule has 0 amide bonds. The first kappa shape index (κ1) is 26.2. The Labute approximate surface area is 271 Å². The van der Waals surface area contributed by atoms with Crippen molar-refractivity contribution in [3.8, 4) is 39.6 Å². The van der Waals surface area contributed by atoms with E-state index in [0.717, 1.165) is 77.8 Å². The molecule has 0 spiro atoms. The molecule has 4 heteroatoms. The fourth-order valence-electron chi connectivity index (χ4n) is 7.85. The van der Waals surface area contributed by atoms with Crippen molar-refractivity contribution >= 4 is 43.7 Å². The van der Waals surface area contributed by atoms with Crippen LogP contribution in [0, 0.1) is 0 Å². The van der Waals surface area contributed by atoms with Crippen molar-refractivity contribution in [2.24, 2.45) is 0 Å². The second kappa shape index (κ2) is 9.51. The number of rotatable bonds is 3. The van der Waals surface area contributed by atoms with Gasteiger partial charge in [-0.05, 0) is 42.0 Å². The predicted octanol–water partition coefficient (Wildman–Crippen LogP) is 11.1. The highest BCUT2D eigenvalue weighted by atomic mass is 16.3. The Bertz CT molecular complexity index is 2710. The van der Waals surface area contributed by atoms with Crippen LogP contribution in [0.25, 0.3) is 83.3 Å². The highest BCUT2D eigenvalue weighted by Crippen LogP contribution is 2.51. The van der Waals surface area contributed by atoms with E-state index in [1.165, 1.54) is 16.7 Å². The van der Waals surface area contributed by atoms with Gasteiger partial charge in [-0.1, -0.05) is 117 Å². The van der Waals surface area contributed by atoms with Gasteiger partial charge >= 0.3 is 0 Å². The van der Waals surface area contributed by atoms with Gasteiger partial charge in [-0.25, -0.2) is 9.97 Å². The lowest BCUT2D eigenvalue weighted by molar-refractivity contribution is 0.658. The summed E-state index contributed by atoms with van der Waals surface area (Å²) in [6.45, 7) is 4.57. The first-order valence-corrected chi connectivity index (χ1v) is 16.1. The number of aromatic nitrogens is 3. The Kier molecular flexibility index (Phi) is 5.31. The van der Waals surface area contributed by atoms with Crippen LogP contribution in [0.15, 0.2) is 144 Å². The topological polar surface area (TPSA) is 43.9 Å². The van der Waals surface area contributed by atoms with Crippen LogP contribution in [0.1, 0.15) is 25.0 Å². The molecule has 9 aromatic rings. The maximum absolute atomic E-state index is 6.53. The van der Waals surface area contributed by atoms with Crippen molar-refractivity contribution in [1.29, 1.82) is 0 Å². The molecule has 0 unspecified atom stereocenters. The summed E-state index contributed by atoms with van der Waals surface area (Å²) in [6, 6.07) is 49.1. The lowest BCUT2D eigenvalue weighted by Gasteiger charge is -2.23. The molecule has 0 atom stereocenters. The monoisotopic (exact) mass is 603 g/mol. The number of furan rings is 1. The van der Waals surface area contributed by atoms with E-state index >= 15 is 0 Å². The second-order valence-electron chi connectivity index (χ2n) is 13.0. The van der Waals surface area contributed by atoms with Crippen LogP contribution < -0.4 is 0 Å². The van der Waals surface area contributed by atoms with Crippen LogP contribution in [0.3, 0.4) is 0 Å². The molecule has 10 rings (SSSR count). The number of para-hydroxylation sites is 2. The molecule has 47 heavy (non-hydrogen) atoms. The molecule has 0 radical (unpaired) electrons. The molecule has 0 bridgehead atoms. The molecule has 6 aromatic carbocycles. The quantitative estimate of drug-likeness (QED) is 0.202. The van der Waals surface area contributed by atoms with E-state index in [-0.39, 0.29) is 5.41 Å². The largest absolute Gasteiger partial charge is 0.455 e. The van der Waals surface area contributed by atoms with E-state index in [2.05, 4.69) is 146 Å². The minimum absolute atomic E-state index is 0.220. The molecule has 4 nitrogen and oxygen atoms in total. The molecular weight excluding hydrogens is 574 g/mol. The fourth-order valence-corrected chi connectivity index (χ4v) is 7.85. The molecule has 0 N–H and O–H groups in total. The van der Waals surface area contributed by atoms with Crippen molar-refractivity contribution in [2.75, 3.05) is 0 Å². The summed E-state index contributed by atoms with van der Waals surface area (Å²) < 4.78 is 8.86. The van der Waals surface area contributed by atoms with Crippen molar-refractivity contribution in [1.82, 2.24) is 14.5 Å². The van der Waals surface area contributed by atoms with E-state index in [1.54, 1.807) is 0 Å². The average Bonchev–Trinajstić information content (AvgIpc) is 3.74. The summed E-state index contributed by atoms with van der Waals surface area (Å²) in [5.41, 5.74) is 12.6. The summed E-state index contributed by atoms with van der Waals surface area (Å²) in [4.78, 5) is 10.7. The van der Waals surface area contributed by atoms with Gasteiger partial charge in [0.1, 0.15) is 11.2 Å². The standard InChI is InChI=1S/C43H29N3O/c1-43(2)33-20-9-6-18-31(33)40-38(43)39(26-13-4-3-5-14-26)44-42(45-40)27-15-12-16-28(25-27)46-34-21-10-7-19-32(34)37-35(46)24-23-30-29-17-8-11-22-36(29)47-41(30)37/h3-25H,1-2H3. The van der Waals surface area contributed by atoms with Gasteiger partial charge in [-0.3, -0.25) is 0 Å². The molecule has 222 valence electrons. The second-order valence-corrected chi connectivity index (χ2v) is 13.0. The Balaban J connectivity index is 1.22. The maximum Gasteiger partial charge on any atom is 0.160 e. The van der Waals surface area contributed by atoms with Crippen LogP contribution >= 0.6 is 0 Å². The average molecular weight is 604 g/mol. The van der Waals surface area contributed by atoms with E-state index in [0.29, 0.717) is 0 Å². The van der Waals surface area contributed by atoms with E-state index in [9.17, 15) is 0 Å². The highest BCUT2D eigenvalue weighted by Gasteiger charge is 2.40. The van der Waals surface area contributed by atoms with Gasteiger partial charge in [0.25, 0.3) is 0 Å². The number of hydrogen-bond donors (Lipinski definition) is 0. The third kappa shape index (κ3) is 3.64. The molecule has 3 heterocycles. The number of hydrogen-bond acceptors (Lipinski definition) is 3. The molecule has 1 aliphatic carbocycles. The van der Waals surface area contributed by atoms with E-state index < -0.39 is 0 Å². The van der Waals surface area contributed by atoms with Crippen LogP contribution in [0.4, 0.5) is 0 Å². The third-order valence-electron chi connectivity index (χ3n) is 9.98. The SMILES string of the molecule is CC1(C)c2ccccc2-c2nc(-c3cccc(-n4c5ccccc5c5c6oc7ccccc7c6ccc54)c3)nc(-c3ccccc3)c21. The number of benzene rings is 6. The zero-order valence-electron chi connectivity index (χ0n) is 26.0. The van der Waals surface area contributed by atoms with E-state index in [1.807, 2.05) is 12.1 Å². The molecule has 0 fully saturated rings. The summed E-state index contributed by atoms with van der Waals surface area (Å²) in [5.74, 6) is 0.720. The molecule has 1 aliphatic rings. The summed E-state index contributed by atoms with van der Waals surface area (Å²) in [7, 11) is 0.